The summed E-state index contributed by atoms with van der Waals surface area (Å²) in [4.78, 5) is 83.5. The number of carbonyl (C=O) groups is 7. The summed E-state index contributed by atoms with van der Waals surface area (Å²) in [6.07, 6.45) is -16.3. The second-order valence-electron chi connectivity index (χ2n) is 9.68. The standard InChI is InChI=1S/C26H36O18/c1-10(27)35-8-17-20(21(38-13(4)30)23(25(34)42-17)40-15(6)32)44-26-24(41-16(7)33)22(39-14(5)31)19(37-12(3)29)18(43-26)9-36-11(2)28/h17-26,34H,8-9H2,1-7H3/t17?,18?,19-,20-,21?,22?,23?,24?,25-,26+/m0/s1. The maximum atomic E-state index is 12.2. The van der Waals surface area contributed by atoms with Gasteiger partial charge in [-0.1, -0.05) is 0 Å². The number of esters is 7. The Balaban J connectivity index is 2.66. The lowest BCUT2D eigenvalue weighted by Gasteiger charge is -2.48. The molecule has 0 aliphatic carbocycles. The quantitative estimate of drug-likeness (QED) is 0.203. The molecule has 18 nitrogen and oxygen atoms in total. The predicted molar refractivity (Wildman–Crippen MR) is 135 cm³/mol. The number of rotatable bonds is 11. The fourth-order valence-electron chi connectivity index (χ4n) is 4.49. The number of aliphatic hydroxyl groups is 1. The predicted octanol–water partition coefficient (Wildman–Crippen LogP) is -1.40. The zero-order chi connectivity index (χ0) is 33.3. The van der Waals surface area contributed by atoms with E-state index in [9.17, 15) is 38.7 Å². The molecular weight excluding hydrogens is 600 g/mol. The third-order valence-corrected chi connectivity index (χ3v) is 5.90. The molecule has 1 N–H and O–H groups in total. The molecule has 2 heterocycles. The van der Waals surface area contributed by atoms with E-state index in [-0.39, 0.29) is 0 Å². The topological polar surface area (TPSA) is 232 Å². The molecular formula is C26H36O18. The summed E-state index contributed by atoms with van der Waals surface area (Å²) in [5.74, 6) is -6.03. The first-order valence-corrected chi connectivity index (χ1v) is 13.3. The minimum atomic E-state index is -1.90. The van der Waals surface area contributed by atoms with Crippen molar-refractivity contribution in [2.75, 3.05) is 13.2 Å². The molecule has 2 aliphatic rings. The van der Waals surface area contributed by atoms with Crippen LogP contribution in [0.5, 0.6) is 0 Å². The molecule has 18 heteroatoms. The highest BCUT2D eigenvalue weighted by Crippen LogP contribution is 2.34. The molecule has 2 fully saturated rings. The molecule has 0 spiro atoms. The van der Waals surface area contributed by atoms with Gasteiger partial charge in [0.25, 0.3) is 0 Å². The van der Waals surface area contributed by atoms with Gasteiger partial charge < -0.3 is 52.5 Å². The Morgan fingerprint density at radius 3 is 1.27 bits per heavy atom. The summed E-state index contributed by atoms with van der Waals surface area (Å²) < 4.78 is 54.1. The Morgan fingerprint density at radius 1 is 0.477 bits per heavy atom. The van der Waals surface area contributed by atoms with Crippen LogP contribution in [-0.4, -0.2) is 122 Å². The van der Waals surface area contributed by atoms with Crippen molar-refractivity contribution >= 4 is 41.8 Å². The van der Waals surface area contributed by atoms with E-state index in [1.54, 1.807) is 0 Å². The lowest BCUT2D eigenvalue weighted by atomic mass is 9.96. The van der Waals surface area contributed by atoms with Crippen LogP contribution in [0.1, 0.15) is 48.5 Å². The minimum Gasteiger partial charge on any atom is -0.463 e. The highest BCUT2D eigenvalue weighted by molar-refractivity contribution is 5.69. The summed E-state index contributed by atoms with van der Waals surface area (Å²) >= 11 is 0. The normalized spacial score (nSPS) is 31.5. The van der Waals surface area contributed by atoms with Crippen molar-refractivity contribution in [3.05, 3.63) is 0 Å². The lowest BCUT2D eigenvalue weighted by Crippen LogP contribution is -2.67. The molecule has 2 saturated heterocycles. The monoisotopic (exact) mass is 636 g/mol. The van der Waals surface area contributed by atoms with Crippen LogP contribution in [-0.2, 0) is 80.9 Å². The average Bonchev–Trinajstić information content (AvgIpc) is 2.87. The van der Waals surface area contributed by atoms with Crippen LogP contribution in [0.2, 0.25) is 0 Å². The molecule has 0 amide bonds. The van der Waals surface area contributed by atoms with Crippen LogP contribution in [0.15, 0.2) is 0 Å². The van der Waals surface area contributed by atoms with Gasteiger partial charge in [0.1, 0.15) is 31.5 Å². The van der Waals surface area contributed by atoms with E-state index in [0.717, 1.165) is 48.5 Å². The zero-order valence-electron chi connectivity index (χ0n) is 25.1. The van der Waals surface area contributed by atoms with Gasteiger partial charge in [0, 0.05) is 48.5 Å². The van der Waals surface area contributed by atoms with Gasteiger partial charge in [-0.25, -0.2) is 0 Å². The molecule has 0 bridgehead atoms. The number of aliphatic hydroxyl groups excluding tert-OH is 1. The van der Waals surface area contributed by atoms with Gasteiger partial charge in [0.15, 0.2) is 43.1 Å². The van der Waals surface area contributed by atoms with E-state index in [1.807, 2.05) is 0 Å². The fraction of sp³-hybridized carbons (Fsp3) is 0.731. The fourth-order valence-corrected chi connectivity index (χ4v) is 4.49. The summed E-state index contributed by atoms with van der Waals surface area (Å²) in [6.45, 7) is 6.11. The SMILES string of the molecule is CC(=O)OCC1O[C@H](O[C@H]2C(COC(C)=O)O[C@H](O)C(OC(C)=O)C2OC(C)=O)C(OC(C)=O)C(OC(C)=O)[C@H]1OC(C)=O. The largest absolute Gasteiger partial charge is 0.463 e. The third kappa shape index (κ3) is 10.7. The summed E-state index contributed by atoms with van der Waals surface area (Å²) in [6, 6.07) is 0. The van der Waals surface area contributed by atoms with E-state index in [1.165, 1.54) is 0 Å². The smallest absolute Gasteiger partial charge is 0.303 e. The van der Waals surface area contributed by atoms with Crippen molar-refractivity contribution < 1.29 is 86.0 Å². The van der Waals surface area contributed by atoms with Crippen LogP contribution >= 0.6 is 0 Å². The van der Waals surface area contributed by atoms with Gasteiger partial charge in [-0.3, -0.25) is 33.6 Å². The highest BCUT2D eigenvalue weighted by Gasteiger charge is 2.57. The molecule has 0 aromatic heterocycles. The molecule has 2 rings (SSSR count). The number of carbonyl (C=O) groups excluding carboxylic acids is 7. The van der Waals surface area contributed by atoms with Crippen molar-refractivity contribution in [3.8, 4) is 0 Å². The first-order valence-electron chi connectivity index (χ1n) is 13.3. The first-order chi connectivity index (χ1) is 20.5. The number of ether oxygens (including phenoxy) is 10. The first kappa shape index (κ1) is 36.3. The molecule has 0 radical (unpaired) electrons. The maximum absolute atomic E-state index is 12.2. The van der Waals surface area contributed by atoms with Gasteiger partial charge >= 0.3 is 41.8 Å². The number of hydrogen-bond donors (Lipinski definition) is 1. The van der Waals surface area contributed by atoms with E-state index < -0.39 is 116 Å². The molecule has 0 aromatic carbocycles. The van der Waals surface area contributed by atoms with Crippen LogP contribution in [0.3, 0.4) is 0 Å². The molecule has 0 aromatic rings. The Kier molecular flexibility index (Phi) is 13.4. The average molecular weight is 637 g/mol. The Morgan fingerprint density at radius 2 is 0.841 bits per heavy atom. The molecule has 6 unspecified atom stereocenters. The second kappa shape index (κ2) is 16.3. The number of hydrogen-bond acceptors (Lipinski definition) is 18. The van der Waals surface area contributed by atoms with Crippen molar-refractivity contribution in [1.29, 1.82) is 0 Å². The Hall–Kier alpha value is -3.87. The van der Waals surface area contributed by atoms with E-state index >= 15 is 0 Å². The maximum Gasteiger partial charge on any atom is 0.303 e. The van der Waals surface area contributed by atoms with Crippen LogP contribution in [0.25, 0.3) is 0 Å². The van der Waals surface area contributed by atoms with E-state index in [4.69, 9.17) is 47.4 Å². The second-order valence-corrected chi connectivity index (χ2v) is 9.68. The summed E-state index contributed by atoms with van der Waals surface area (Å²) in [7, 11) is 0. The van der Waals surface area contributed by atoms with Gasteiger partial charge in [-0.15, -0.1) is 0 Å². The Bertz CT molecular complexity index is 1090. The van der Waals surface area contributed by atoms with Crippen LogP contribution in [0.4, 0.5) is 0 Å². The van der Waals surface area contributed by atoms with Gasteiger partial charge in [-0.2, -0.15) is 0 Å². The molecule has 0 saturated carbocycles. The minimum absolute atomic E-state index is 0.572. The molecule has 10 atom stereocenters. The van der Waals surface area contributed by atoms with Crippen molar-refractivity contribution in [1.82, 2.24) is 0 Å². The third-order valence-electron chi connectivity index (χ3n) is 5.90. The molecule has 248 valence electrons. The van der Waals surface area contributed by atoms with Gasteiger partial charge in [0.2, 0.25) is 0 Å². The lowest BCUT2D eigenvalue weighted by molar-refractivity contribution is -0.357. The highest BCUT2D eigenvalue weighted by atomic mass is 16.8. The van der Waals surface area contributed by atoms with Crippen molar-refractivity contribution in [2.24, 2.45) is 0 Å². The van der Waals surface area contributed by atoms with Crippen LogP contribution < -0.4 is 0 Å². The molecule has 2 aliphatic heterocycles. The zero-order valence-corrected chi connectivity index (χ0v) is 25.1. The van der Waals surface area contributed by atoms with Crippen molar-refractivity contribution in [2.45, 2.75) is 110 Å². The summed E-state index contributed by atoms with van der Waals surface area (Å²) in [5, 5.41) is 10.6. The van der Waals surface area contributed by atoms with Gasteiger partial charge in [-0.05, 0) is 0 Å². The van der Waals surface area contributed by atoms with Gasteiger partial charge in [0.05, 0.1) is 0 Å². The van der Waals surface area contributed by atoms with Crippen LogP contribution in [0, 0.1) is 0 Å². The van der Waals surface area contributed by atoms with E-state index in [0.29, 0.717) is 0 Å². The van der Waals surface area contributed by atoms with Crippen molar-refractivity contribution in [3.63, 3.8) is 0 Å². The molecule has 44 heavy (non-hydrogen) atoms. The summed E-state index contributed by atoms with van der Waals surface area (Å²) in [5.41, 5.74) is 0. The van der Waals surface area contributed by atoms with E-state index in [2.05, 4.69) is 0 Å². The Labute approximate surface area is 251 Å².